The zero-order chi connectivity index (χ0) is 16.2. The first-order valence-corrected chi connectivity index (χ1v) is 8.01. The summed E-state index contributed by atoms with van der Waals surface area (Å²) in [5.41, 5.74) is -0.385. The topological polar surface area (TPSA) is 58.6 Å². The SMILES string of the molecule is CC(C)(Cc1cccc(Cl)c1)C(=O)NCC1(O)CCOCC1. The van der Waals surface area contributed by atoms with Crippen LogP contribution in [0.2, 0.25) is 5.02 Å². The quantitative estimate of drug-likeness (QED) is 0.874. The molecule has 2 N–H and O–H groups in total. The second-order valence-electron chi connectivity index (χ2n) is 6.71. The summed E-state index contributed by atoms with van der Waals surface area (Å²) in [5.74, 6) is -0.0626. The third-order valence-corrected chi connectivity index (χ3v) is 4.39. The normalized spacial score (nSPS) is 18.0. The third kappa shape index (κ3) is 4.70. The standard InChI is InChI=1S/C17H24ClNO3/c1-16(2,11-13-4-3-5-14(18)10-13)15(20)19-12-17(21)6-8-22-9-7-17/h3-5,10,21H,6-9,11-12H2,1-2H3,(H,19,20). The van der Waals surface area contributed by atoms with E-state index in [9.17, 15) is 9.90 Å². The first-order chi connectivity index (χ1) is 10.3. The van der Waals surface area contributed by atoms with Crippen LogP contribution in [-0.2, 0) is 16.0 Å². The van der Waals surface area contributed by atoms with Gasteiger partial charge in [-0.3, -0.25) is 4.79 Å². The van der Waals surface area contributed by atoms with Gasteiger partial charge in [-0.25, -0.2) is 0 Å². The van der Waals surface area contributed by atoms with Gasteiger partial charge in [-0.05, 0) is 24.1 Å². The monoisotopic (exact) mass is 325 g/mol. The van der Waals surface area contributed by atoms with E-state index in [-0.39, 0.29) is 12.5 Å². The van der Waals surface area contributed by atoms with E-state index >= 15 is 0 Å². The molecule has 1 heterocycles. The molecule has 0 spiro atoms. The first-order valence-electron chi connectivity index (χ1n) is 7.64. The number of carbonyl (C=O) groups excluding carboxylic acids is 1. The Balaban J connectivity index is 1.92. The lowest BCUT2D eigenvalue weighted by Gasteiger charge is -2.33. The number of hydrogen-bond donors (Lipinski definition) is 2. The van der Waals surface area contributed by atoms with Gasteiger partial charge in [0.2, 0.25) is 5.91 Å². The molecule has 1 amide bonds. The Hall–Kier alpha value is -1.10. The van der Waals surface area contributed by atoms with Crippen molar-refractivity contribution in [2.45, 2.75) is 38.7 Å². The molecule has 4 nitrogen and oxygen atoms in total. The molecule has 0 unspecified atom stereocenters. The van der Waals surface area contributed by atoms with Crippen molar-refractivity contribution in [2.75, 3.05) is 19.8 Å². The molecule has 0 aliphatic carbocycles. The number of aliphatic hydroxyl groups is 1. The zero-order valence-corrected chi connectivity index (χ0v) is 13.9. The second kappa shape index (κ2) is 6.99. The predicted molar refractivity (Wildman–Crippen MR) is 86.9 cm³/mol. The fourth-order valence-electron chi connectivity index (χ4n) is 2.65. The van der Waals surface area contributed by atoms with E-state index in [0.717, 1.165) is 5.56 Å². The smallest absolute Gasteiger partial charge is 0.226 e. The highest BCUT2D eigenvalue weighted by molar-refractivity contribution is 6.30. The lowest BCUT2D eigenvalue weighted by Crippen LogP contribution is -2.49. The number of hydrogen-bond acceptors (Lipinski definition) is 3. The van der Waals surface area contributed by atoms with Crippen LogP contribution in [0.25, 0.3) is 0 Å². The van der Waals surface area contributed by atoms with E-state index in [2.05, 4.69) is 5.32 Å². The predicted octanol–water partition coefficient (Wildman–Crippen LogP) is 2.57. The van der Waals surface area contributed by atoms with Gasteiger partial charge in [0.15, 0.2) is 0 Å². The van der Waals surface area contributed by atoms with E-state index in [1.807, 2.05) is 38.1 Å². The van der Waals surface area contributed by atoms with E-state index < -0.39 is 11.0 Å². The van der Waals surface area contributed by atoms with Gasteiger partial charge >= 0.3 is 0 Å². The highest BCUT2D eigenvalue weighted by Gasteiger charge is 2.33. The highest BCUT2D eigenvalue weighted by atomic mass is 35.5. The van der Waals surface area contributed by atoms with Gasteiger partial charge in [-0.2, -0.15) is 0 Å². The van der Waals surface area contributed by atoms with Crippen LogP contribution in [0.4, 0.5) is 0 Å². The molecule has 1 aliphatic rings. The van der Waals surface area contributed by atoms with Crippen LogP contribution in [0.5, 0.6) is 0 Å². The van der Waals surface area contributed by atoms with Gasteiger partial charge < -0.3 is 15.2 Å². The number of carbonyl (C=O) groups is 1. The van der Waals surface area contributed by atoms with Crippen molar-refractivity contribution in [1.29, 1.82) is 0 Å². The lowest BCUT2D eigenvalue weighted by atomic mass is 9.84. The molecule has 0 atom stereocenters. The summed E-state index contributed by atoms with van der Waals surface area (Å²) in [6.07, 6.45) is 1.71. The van der Waals surface area contributed by atoms with Crippen molar-refractivity contribution in [3.63, 3.8) is 0 Å². The summed E-state index contributed by atoms with van der Waals surface area (Å²) >= 11 is 5.99. The third-order valence-electron chi connectivity index (χ3n) is 4.15. The Morgan fingerprint density at radius 2 is 2.09 bits per heavy atom. The van der Waals surface area contributed by atoms with Gasteiger partial charge in [-0.15, -0.1) is 0 Å². The molecular weight excluding hydrogens is 302 g/mol. The average Bonchev–Trinajstić information content (AvgIpc) is 2.45. The second-order valence-corrected chi connectivity index (χ2v) is 7.15. The summed E-state index contributed by atoms with van der Waals surface area (Å²) in [7, 11) is 0. The molecule has 1 saturated heterocycles. The minimum atomic E-state index is -0.847. The molecule has 1 aromatic rings. The molecule has 0 aromatic heterocycles. The van der Waals surface area contributed by atoms with Crippen molar-refractivity contribution in [3.8, 4) is 0 Å². The number of halogens is 1. The van der Waals surface area contributed by atoms with Crippen LogP contribution >= 0.6 is 11.6 Å². The molecule has 0 bridgehead atoms. The summed E-state index contributed by atoms with van der Waals surface area (Å²) in [6, 6.07) is 7.55. The average molecular weight is 326 g/mol. The van der Waals surface area contributed by atoms with Crippen molar-refractivity contribution < 1.29 is 14.6 Å². The number of nitrogens with one attached hydrogen (secondary N) is 1. The number of amides is 1. The molecule has 22 heavy (non-hydrogen) atoms. The van der Waals surface area contributed by atoms with E-state index in [4.69, 9.17) is 16.3 Å². The molecule has 0 radical (unpaired) electrons. The van der Waals surface area contributed by atoms with Crippen LogP contribution in [0.1, 0.15) is 32.3 Å². The molecule has 1 fully saturated rings. The van der Waals surface area contributed by atoms with Gasteiger partial charge in [-0.1, -0.05) is 37.6 Å². The zero-order valence-electron chi connectivity index (χ0n) is 13.2. The number of ether oxygens (including phenoxy) is 1. The van der Waals surface area contributed by atoms with Gasteiger partial charge in [0.1, 0.15) is 0 Å². The molecule has 1 aliphatic heterocycles. The van der Waals surface area contributed by atoms with Crippen molar-refractivity contribution in [2.24, 2.45) is 5.41 Å². The highest BCUT2D eigenvalue weighted by Crippen LogP contribution is 2.25. The van der Waals surface area contributed by atoms with Crippen molar-refractivity contribution in [3.05, 3.63) is 34.9 Å². The fraction of sp³-hybridized carbons (Fsp3) is 0.588. The maximum Gasteiger partial charge on any atom is 0.226 e. The van der Waals surface area contributed by atoms with Gasteiger partial charge in [0, 0.05) is 43.0 Å². The Morgan fingerprint density at radius 3 is 2.73 bits per heavy atom. The minimum Gasteiger partial charge on any atom is -0.388 e. The molecule has 2 rings (SSSR count). The maximum absolute atomic E-state index is 12.5. The number of rotatable bonds is 5. The summed E-state index contributed by atoms with van der Waals surface area (Å²) in [6.45, 7) is 5.15. The van der Waals surface area contributed by atoms with Crippen LogP contribution in [0, 0.1) is 5.41 Å². The minimum absolute atomic E-state index is 0.0626. The van der Waals surface area contributed by atoms with Crippen molar-refractivity contribution >= 4 is 17.5 Å². The fourth-order valence-corrected chi connectivity index (χ4v) is 2.86. The van der Waals surface area contributed by atoms with Crippen LogP contribution in [-0.4, -0.2) is 36.4 Å². The number of benzene rings is 1. The van der Waals surface area contributed by atoms with E-state index in [0.29, 0.717) is 37.5 Å². The summed E-state index contributed by atoms with van der Waals surface area (Å²) in [5, 5.41) is 14.0. The van der Waals surface area contributed by atoms with Crippen LogP contribution in [0.3, 0.4) is 0 Å². The van der Waals surface area contributed by atoms with E-state index in [1.54, 1.807) is 0 Å². The van der Waals surface area contributed by atoms with Crippen LogP contribution < -0.4 is 5.32 Å². The Kier molecular flexibility index (Phi) is 5.48. The molecule has 1 aromatic carbocycles. The molecule has 122 valence electrons. The Bertz CT molecular complexity index is 524. The molecular formula is C17H24ClNO3. The Labute approximate surface area is 136 Å². The van der Waals surface area contributed by atoms with Gasteiger partial charge in [0.05, 0.1) is 5.60 Å². The molecule has 0 saturated carbocycles. The summed E-state index contributed by atoms with van der Waals surface area (Å²) in [4.78, 5) is 12.5. The van der Waals surface area contributed by atoms with Crippen LogP contribution in [0.15, 0.2) is 24.3 Å². The summed E-state index contributed by atoms with van der Waals surface area (Å²) < 4.78 is 5.24. The molecule has 5 heteroatoms. The van der Waals surface area contributed by atoms with E-state index in [1.165, 1.54) is 0 Å². The van der Waals surface area contributed by atoms with Gasteiger partial charge in [0.25, 0.3) is 0 Å². The maximum atomic E-state index is 12.5. The lowest BCUT2D eigenvalue weighted by molar-refractivity contribution is -0.132. The first kappa shape index (κ1) is 17.3. The largest absolute Gasteiger partial charge is 0.388 e. The Morgan fingerprint density at radius 1 is 1.41 bits per heavy atom. The van der Waals surface area contributed by atoms with Crippen molar-refractivity contribution in [1.82, 2.24) is 5.32 Å².